The normalized spacial score (nSPS) is 29.2. The molecule has 4 heterocycles. The minimum atomic E-state index is -3.26. The van der Waals surface area contributed by atoms with Crippen molar-refractivity contribution in [1.82, 2.24) is 24.5 Å². The molecular weight excluding hydrogens is 472 g/mol. The van der Waals surface area contributed by atoms with E-state index in [4.69, 9.17) is 4.74 Å². The summed E-state index contributed by atoms with van der Waals surface area (Å²) in [7, 11) is -3.26. The molecule has 11 nitrogen and oxygen atoms in total. The number of nitrogens with one attached hydrogen (secondary N) is 1. The highest BCUT2D eigenvalue weighted by molar-refractivity contribution is 7.89. The number of amides is 1. The maximum atomic E-state index is 12.8. The van der Waals surface area contributed by atoms with Crippen LogP contribution in [-0.4, -0.2) is 103 Å². The fourth-order valence-corrected chi connectivity index (χ4v) is 7.46. The minimum Gasteiger partial charge on any atom is -0.476 e. The number of anilines is 1. The van der Waals surface area contributed by atoms with Crippen molar-refractivity contribution in [2.75, 3.05) is 57.3 Å². The Labute approximate surface area is 206 Å². The molecule has 3 aliphatic heterocycles. The first-order valence-corrected chi connectivity index (χ1v) is 14.2. The molecule has 0 bridgehead atoms. The van der Waals surface area contributed by atoms with Gasteiger partial charge >= 0.3 is 6.09 Å². The summed E-state index contributed by atoms with van der Waals surface area (Å²) in [5, 5.41) is 12.4. The van der Waals surface area contributed by atoms with Crippen LogP contribution in [0.1, 0.15) is 39.0 Å². The molecule has 12 heteroatoms. The summed E-state index contributed by atoms with van der Waals surface area (Å²) in [5.41, 5.74) is 0.107. The maximum absolute atomic E-state index is 12.8. The fourth-order valence-electron chi connectivity index (χ4n) is 5.63. The first kappa shape index (κ1) is 24.5. The molecule has 5 rings (SSSR count). The third-order valence-corrected chi connectivity index (χ3v) is 10.6. The second-order valence-electron chi connectivity index (χ2n) is 10.6. The summed E-state index contributed by atoms with van der Waals surface area (Å²) in [6.07, 6.45) is 6.93. The van der Waals surface area contributed by atoms with Crippen molar-refractivity contribution in [1.29, 1.82) is 0 Å². The van der Waals surface area contributed by atoms with Gasteiger partial charge in [0, 0.05) is 45.3 Å². The van der Waals surface area contributed by atoms with Crippen molar-refractivity contribution in [2.45, 2.75) is 50.3 Å². The third-order valence-electron chi connectivity index (χ3n) is 8.24. The molecule has 0 aromatic carbocycles. The highest BCUT2D eigenvalue weighted by Gasteiger charge is 2.50. The SMILES string of the molecule is CC1(C2CC(COc3cnc(N4CCN(S(=O)(=O)[C@@H]5CCNC5)CC4)cn3)CCN2C(=O)O)CC1. The second-order valence-corrected chi connectivity index (χ2v) is 12.8. The van der Waals surface area contributed by atoms with E-state index in [0.29, 0.717) is 69.9 Å². The lowest BCUT2D eigenvalue weighted by molar-refractivity contribution is 0.0483. The first-order chi connectivity index (χ1) is 16.8. The molecule has 3 atom stereocenters. The summed E-state index contributed by atoms with van der Waals surface area (Å²) in [5.74, 6) is 1.46. The standard InChI is InChI=1S/C23H36N6O5S/c1-23(4-5-23)19-12-17(3-7-29(19)22(30)31)16-34-21-15-25-20(14-26-21)27-8-10-28(11-9-27)35(32,33)18-2-6-24-13-18/h14-15,17-19,24H,2-13,16H2,1H3,(H,30,31)/t17?,18-,19?/m1/s1. The fraction of sp³-hybridized carbons (Fsp3) is 0.783. The van der Waals surface area contributed by atoms with Crippen LogP contribution < -0.4 is 15.0 Å². The molecule has 1 saturated carbocycles. The van der Waals surface area contributed by atoms with Gasteiger partial charge in [-0.1, -0.05) is 6.92 Å². The number of piperidine rings is 1. The van der Waals surface area contributed by atoms with E-state index in [9.17, 15) is 18.3 Å². The number of piperazine rings is 1. The van der Waals surface area contributed by atoms with Gasteiger partial charge in [-0.2, -0.15) is 4.31 Å². The Hall–Kier alpha value is -2.18. The number of sulfonamides is 1. The molecular formula is C23H36N6O5S. The zero-order chi connectivity index (χ0) is 24.6. The minimum absolute atomic E-state index is 0.0585. The van der Waals surface area contributed by atoms with E-state index in [-0.39, 0.29) is 16.7 Å². The smallest absolute Gasteiger partial charge is 0.407 e. The lowest BCUT2D eigenvalue weighted by atomic mass is 9.83. The van der Waals surface area contributed by atoms with E-state index < -0.39 is 16.1 Å². The number of ether oxygens (including phenoxy) is 1. The average molecular weight is 509 g/mol. The number of rotatable bonds is 7. The van der Waals surface area contributed by atoms with Gasteiger partial charge < -0.3 is 25.0 Å². The van der Waals surface area contributed by atoms with E-state index in [1.807, 2.05) is 0 Å². The number of nitrogens with zero attached hydrogens (tertiary/aromatic N) is 5. The van der Waals surface area contributed by atoms with E-state index in [2.05, 4.69) is 27.1 Å². The Morgan fingerprint density at radius 1 is 1.17 bits per heavy atom. The van der Waals surface area contributed by atoms with Crippen molar-refractivity contribution < 1.29 is 23.1 Å². The van der Waals surface area contributed by atoms with Crippen molar-refractivity contribution in [3.05, 3.63) is 12.4 Å². The molecule has 1 aromatic heterocycles. The van der Waals surface area contributed by atoms with Gasteiger partial charge in [-0.15, -0.1) is 0 Å². The molecule has 4 aliphatic rings. The Balaban J connectivity index is 1.11. The highest BCUT2D eigenvalue weighted by atomic mass is 32.2. The van der Waals surface area contributed by atoms with Crippen molar-refractivity contribution >= 4 is 21.9 Å². The number of carboxylic acid groups (broad SMARTS) is 1. The van der Waals surface area contributed by atoms with Crippen LogP contribution in [0, 0.1) is 11.3 Å². The second kappa shape index (κ2) is 9.70. The van der Waals surface area contributed by atoms with Crippen LogP contribution in [0.2, 0.25) is 0 Å². The number of hydrogen-bond acceptors (Lipinski definition) is 8. The summed E-state index contributed by atoms with van der Waals surface area (Å²) < 4.78 is 33.1. The highest BCUT2D eigenvalue weighted by Crippen LogP contribution is 2.53. The predicted molar refractivity (Wildman–Crippen MR) is 130 cm³/mol. The molecule has 3 saturated heterocycles. The van der Waals surface area contributed by atoms with Crippen LogP contribution in [0.4, 0.5) is 10.6 Å². The van der Waals surface area contributed by atoms with Crippen molar-refractivity contribution in [3.63, 3.8) is 0 Å². The molecule has 1 aromatic rings. The number of aromatic nitrogens is 2. The Kier molecular flexibility index (Phi) is 6.79. The summed E-state index contributed by atoms with van der Waals surface area (Å²) in [6.45, 7) is 6.59. The van der Waals surface area contributed by atoms with Crippen LogP contribution in [0.15, 0.2) is 12.4 Å². The van der Waals surface area contributed by atoms with Gasteiger partial charge in [-0.25, -0.2) is 23.2 Å². The average Bonchev–Trinajstić information content (AvgIpc) is 3.37. The molecule has 0 radical (unpaired) electrons. The maximum Gasteiger partial charge on any atom is 0.407 e. The number of likely N-dealkylation sites (tertiary alicyclic amines) is 1. The van der Waals surface area contributed by atoms with Gasteiger partial charge in [0.2, 0.25) is 15.9 Å². The molecule has 0 spiro atoms. The Morgan fingerprint density at radius 2 is 1.94 bits per heavy atom. The van der Waals surface area contributed by atoms with E-state index >= 15 is 0 Å². The lowest BCUT2D eigenvalue weighted by Gasteiger charge is -2.41. The van der Waals surface area contributed by atoms with Gasteiger partial charge in [0.05, 0.1) is 24.3 Å². The van der Waals surface area contributed by atoms with Crippen LogP contribution in [0.25, 0.3) is 0 Å². The van der Waals surface area contributed by atoms with Crippen molar-refractivity contribution in [3.8, 4) is 5.88 Å². The summed E-state index contributed by atoms with van der Waals surface area (Å²) >= 11 is 0. The van der Waals surface area contributed by atoms with Crippen LogP contribution >= 0.6 is 0 Å². The third kappa shape index (κ3) is 5.19. The van der Waals surface area contributed by atoms with Crippen LogP contribution in [0.3, 0.4) is 0 Å². The summed E-state index contributed by atoms with van der Waals surface area (Å²) in [6, 6.07) is 0.0585. The topological polar surface area (TPSA) is 128 Å². The van der Waals surface area contributed by atoms with Crippen LogP contribution in [0.5, 0.6) is 5.88 Å². The molecule has 1 amide bonds. The monoisotopic (exact) mass is 508 g/mol. The Bertz CT molecular complexity index is 1000. The first-order valence-electron chi connectivity index (χ1n) is 12.7. The zero-order valence-corrected chi connectivity index (χ0v) is 21.1. The molecule has 35 heavy (non-hydrogen) atoms. The molecule has 2 N–H and O–H groups in total. The molecule has 4 fully saturated rings. The number of hydrogen-bond donors (Lipinski definition) is 2. The quantitative estimate of drug-likeness (QED) is 0.559. The summed E-state index contributed by atoms with van der Waals surface area (Å²) in [4.78, 5) is 24.3. The van der Waals surface area contributed by atoms with Gasteiger partial charge in [0.25, 0.3) is 0 Å². The van der Waals surface area contributed by atoms with E-state index in [1.165, 1.54) is 0 Å². The van der Waals surface area contributed by atoms with Gasteiger partial charge in [0.15, 0.2) is 0 Å². The Morgan fingerprint density at radius 3 is 2.54 bits per heavy atom. The van der Waals surface area contributed by atoms with E-state index in [1.54, 1.807) is 21.6 Å². The van der Waals surface area contributed by atoms with Crippen molar-refractivity contribution in [2.24, 2.45) is 11.3 Å². The molecule has 1 aliphatic carbocycles. The largest absolute Gasteiger partial charge is 0.476 e. The zero-order valence-electron chi connectivity index (χ0n) is 20.3. The van der Waals surface area contributed by atoms with Gasteiger partial charge in [-0.3, -0.25) is 0 Å². The molecule has 194 valence electrons. The lowest BCUT2D eigenvalue weighted by Crippen LogP contribution is -2.51. The van der Waals surface area contributed by atoms with Crippen LogP contribution in [-0.2, 0) is 10.0 Å². The van der Waals surface area contributed by atoms with E-state index in [0.717, 1.165) is 32.2 Å². The molecule has 2 unspecified atom stereocenters. The predicted octanol–water partition coefficient (Wildman–Crippen LogP) is 1.23. The number of carbonyl (C=O) groups is 1. The van der Waals surface area contributed by atoms with Gasteiger partial charge in [-0.05, 0) is 50.0 Å². The van der Waals surface area contributed by atoms with Gasteiger partial charge in [0.1, 0.15) is 5.82 Å².